The molecule has 0 aromatic carbocycles. The number of nitrogens with zero attached hydrogens (tertiary/aromatic N) is 2. The number of hydrogen-bond acceptors (Lipinski definition) is 7. The van der Waals surface area contributed by atoms with Crippen molar-refractivity contribution in [2.75, 3.05) is 42.1 Å². The fourth-order valence-electron chi connectivity index (χ4n) is 1.78. The summed E-state index contributed by atoms with van der Waals surface area (Å²) in [4.78, 5) is 37.1. The Bertz CT molecular complexity index is 639. The van der Waals surface area contributed by atoms with Crippen molar-refractivity contribution >= 4 is 25.0 Å². The summed E-state index contributed by atoms with van der Waals surface area (Å²) in [6, 6.07) is 0. The highest BCUT2D eigenvalue weighted by molar-refractivity contribution is 7.51. The Labute approximate surface area is 119 Å². The van der Waals surface area contributed by atoms with Crippen LogP contribution in [0, 0.1) is 0 Å². The number of anilines is 3. The highest BCUT2D eigenvalue weighted by Crippen LogP contribution is 2.33. The van der Waals surface area contributed by atoms with E-state index in [1.807, 2.05) is 0 Å². The van der Waals surface area contributed by atoms with Gasteiger partial charge in [0.15, 0.2) is 5.82 Å². The summed E-state index contributed by atoms with van der Waals surface area (Å²) in [5, 5.41) is 2.91. The number of nitrogen functional groups attached to an aromatic ring is 1. The number of aromatic nitrogens is 2. The zero-order chi connectivity index (χ0) is 15.5. The Kier molecular flexibility index (Phi) is 4.63. The molecule has 10 nitrogen and oxygen atoms in total. The fourth-order valence-corrected chi connectivity index (χ4v) is 2.12. The second kappa shape index (κ2) is 6.27. The van der Waals surface area contributed by atoms with E-state index in [1.54, 1.807) is 17.1 Å². The summed E-state index contributed by atoms with van der Waals surface area (Å²) in [7, 11) is -4.13. The number of H-pyrrole nitrogens is 1. The summed E-state index contributed by atoms with van der Waals surface area (Å²) in [5.41, 5.74) is 5.54. The van der Waals surface area contributed by atoms with E-state index in [1.165, 1.54) is 0 Å². The molecule has 0 saturated heterocycles. The molecule has 116 valence electrons. The minimum atomic E-state index is -4.13. The molecule has 1 aromatic heterocycles. The normalized spacial score (nSPS) is 14.5. The van der Waals surface area contributed by atoms with Gasteiger partial charge in [0.25, 0.3) is 5.56 Å². The standard InChI is InChI=1S/C10H16N5O5P/c11-10-13-8-7(9(16)14-10)12-5-15(8)3-1-2-4-20-6-21(17,18)19/h1-2,12H,3-6H2,(H2,17,18,19)(H3,11,13,14,16). The van der Waals surface area contributed by atoms with Crippen LogP contribution in [0.3, 0.4) is 0 Å². The van der Waals surface area contributed by atoms with Crippen LogP contribution >= 0.6 is 7.60 Å². The zero-order valence-electron chi connectivity index (χ0n) is 11.0. The third-order valence-electron chi connectivity index (χ3n) is 2.63. The Morgan fingerprint density at radius 3 is 2.95 bits per heavy atom. The molecule has 0 bridgehead atoms. The number of fused-ring (bicyclic) bond motifs is 1. The van der Waals surface area contributed by atoms with Crippen molar-refractivity contribution in [1.82, 2.24) is 9.97 Å². The van der Waals surface area contributed by atoms with Crippen LogP contribution < -0.4 is 21.5 Å². The van der Waals surface area contributed by atoms with Crippen molar-refractivity contribution in [1.29, 1.82) is 0 Å². The summed E-state index contributed by atoms with van der Waals surface area (Å²) in [6.07, 6.45) is 2.76. The predicted molar refractivity (Wildman–Crippen MR) is 77.1 cm³/mol. The molecule has 0 unspecified atom stereocenters. The Morgan fingerprint density at radius 2 is 2.24 bits per heavy atom. The molecular formula is C10H16N5O5P. The molecule has 6 N–H and O–H groups in total. The molecule has 0 amide bonds. The molecule has 0 saturated carbocycles. The van der Waals surface area contributed by atoms with Crippen molar-refractivity contribution in [3.63, 3.8) is 0 Å². The van der Waals surface area contributed by atoms with E-state index in [0.29, 0.717) is 24.7 Å². The highest BCUT2D eigenvalue weighted by atomic mass is 31.2. The van der Waals surface area contributed by atoms with E-state index >= 15 is 0 Å². The molecule has 2 heterocycles. The molecule has 11 heteroatoms. The lowest BCUT2D eigenvalue weighted by molar-refractivity contribution is 0.184. The summed E-state index contributed by atoms with van der Waals surface area (Å²) in [6.45, 7) is 0.960. The Morgan fingerprint density at radius 1 is 1.48 bits per heavy atom. The average molecular weight is 317 g/mol. The van der Waals surface area contributed by atoms with Crippen LogP contribution in [0.2, 0.25) is 0 Å². The number of nitrogens with two attached hydrogens (primary N) is 1. The fraction of sp³-hybridized carbons (Fsp3) is 0.400. The molecule has 0 radical (unpaired) electrons. The number of nitrogens with one attached hydrogen (secondary N) is 2. The molecule has 1 aliphatic rings. The Balaban J connectivity index is 1.87. The summed E-state index contributed by atoms with van der Waals surface area (Å²) < 4.78 is 15.3. The van der Waals surface area contributed by atoms with Crippen molar-refractivity contribution in [2.45, 2.75) is 0 Å². The topological polar surface area (TPSA) is 154 Å². The van der Waals surface area contributed by atoms with E-state index in [-0.39, 0.29) is 18.1 Å². The molecule has 0 spiro atoms. The van der Waals surface area contributed by atoms with Gasteiger partial charge in [0, 0.05) is 6.54 Å². The first-order chi connectivity index (χ1) is 9.87. The average Bonchev–Trinajstić information content (AvgIpc) is 2.75. The molecule has 0 atom stereocenters. The van der Waals surface area contributed by atoms with E-state index in [0.717, 1.165) is 0 Å². The first kappa shape index (κ1) is 15.5. The first-order valence-corrected chi connectivity index (χ1v) is 7.82. The number of aromatic amines is 1. The minimum Gasteiger partial charge on any atom is -0.369 e. The molecule has 1 aromatic rings. The maximum atomic E-state index is 11.6. The molecule has 2 rings (SSSR count). The number of rotatable bonds is 6. The van der Waals surface area contributed by atoms with E-state index in [4.69, 9.17) is 20.3 Å². The molecular weight excluding hydrogens is 301 g/mol. The smallest absolute Gasteiger partial charge is 0.350 e. The highest BCUT2D eigenvalue weighted by Gasteiger charge is 2.22. The minimum absolute atomic E-state index is 0.0430. The lowest BCUT2D eigenvalue weighted by Gasteiger charge is -2.14. The summed E-state index contributed by atoms with van der Waals surface area (Å²) >= 11 is 0. The van der Waals surface area contributed by atoms with Gasteiger partial charge in [0.05, 0.1) is 13.3 Å². The van der Waals surface area contributed by atoms with Gasteiger partial charge in [-0.05, 0) is 0 Å². The van der Waals surface area contributed by atoms with Gasteiger partial charge in [-0.3, -0.25) is 14.3 Å². The van der Waals surface area contributed by atoms with Crippen LogP contribution in [-0.2, 0) is 9.30 Å². The molecule has 0 fully saturated rings. The van der Waals surface area contributed by atoms with Crippen LogP contribution in [0.15, 0.2) is 16.9 Å². The lowest BCUT2D eigenvalue weighted by Crippen LogP contribution is -2.23. The van der Waals surface area contributed by atoms with Crippen LogP contribution in [0.25, 0.3) is 0 Å². The van der Waals surface area contributed by atoms with Gasteiger partial charge >= 0.3 is 7.60 Å². The summed E-state index contributed by atoms with van der Waals surface area (Å²) in [5.74, 6) is 0.512. The van der Waals surface area contributed by atoms with Crippen molar-refractivity contribution in [3.8, 4) is 0 Å². The maximum absolute atomic E-state index is 11.6. The van der Waals surface area contributed by atoms with Gasteiger partial charge in [0.2, 0.25) is 5.95 Å². The second-order valence-electron chi connectivity index (χ2n) is 4.34. The van der Waals surface area contributed by atoms with Crippen LogP contribution in [-0.4, -0.2) is 45.9 Å². The second-order valence-corrected chi connectivity index (χ2v) is 5.93. The van der Waals surface area contributed by atoms with Gasteiger partial charge < -0.3 is 30.5 Å². The number of ether oxygens (including phenoxy) is 1. The van der Waals surface area contributed by atoms with E-state index in [2.05, 4.69) is 15.3 Å². The first-order valence-electron chi connectivity index (χ1n) is 6.03. The molecule has 1 aliphatic heterocycles. The maximum Gasteiger partial charge on any atom is 0.350 e. The lowest BCUT2D eigenvalue weighted by atomic mass is 10.4. The predicted octanol–water partition coefficient (Wildman–Crippen LogP) is -0.751. The number of hydrogen-bond donors (Lipinski definition) is 5. The van der Waals surface area contributed by atoms with Crippen molar-refractivity contribution < 1.29 is 19.1 Å². The van der Waals surface area contributed by atoms with Crippen LogP contribution in [0.5, 0.6) is 0 Å². The molecule has 21 heavy (non-hydrogen) atoms. The van der Waals surface area contributed by atoms with E-state index in [9.17, 15) is 9.36 Å². The van der Waals surface area contributed by atoms with Crippen LogP contribution in [0.4, 0.5) is 17.5 Å². The van der Waals surface area contributed by atoms with Gasteiger partial charge in [-0.2, -0.15) is 4.98 Å². The third-order valence-corrected chi connectivity index (χ3v) is 3.15. The van der Waals surface area contributed by atoms with E-state index < -0.39 is 13.9 Å². The molecule has 0 aliphatic carbocycles. The van der Waals surface area contributed by atoms with Gasteiger partial charge in [-0.15, -0.1) is 0 Å². The van der Waals surface area contributed by atoms with Crippen molar-refractivity contribution in [2.24, 2.45) is 0 Å². The Hall–Kier alpha value is -1.87. The van der Waals surface area contributed by atoms with Gasteiger partial charge in [-0.25, -0.2) is 0 Å². The van der Waals surface area contributed by atoms with Crippen molar-refractivity contribution in [3.05, 3.63) is 22.5 Å². The monoisotopic (exact) mass is 317 g/mol. The van der Waals surface area contributed by atoms with Crippen LogP contribution in [0.1, 0.15) is 0 Å². The largest absolute Gasteiger partial charge is 0.369 e. The zero-order valence-corrected chi connectivity index (χ0v) is 11.9. The van der Waals surface area contributed by atoms with Gasteiger partial charge in [0.1, 0.15) is 12.0 Å². The third kappa shape index (κ3) is 4.30. The quantitative estimate of drug-likeness (QED) is 0.259. The SMILES string of the molecule is Nc1nc2c(c(=O)[nH]1)NCN2CC=CCOCP(=O)(O)O. The van der Waals surface area contributed by atoms with Gasteiger partial charge in [-0.1, -0.05) is 12.2 Å².